The lowest BCUT2D eigenvalue weighted by molar-refractivity contribution is 0.222. The number of H-pyrrole nitrogens is 1. The summed E-state index contributed by atoms with van der Waals surface area (Å²) in [5.74, 6) is 1.08. The molecular formula is C26H32Cl2N4O3. The van der Waals surface area contributed by atoms with Crippen LogP contribution in [0.15, 0.2) is 35.4 Å². The largest absolute Gasteiger partial charge is 0.493 e. The first-order valence-corrected chi connectivity index (χ1v) is 13.0. The lowest BCUT2D eigenvalue weighted by atomic mass is 10.1. The van der Waals surface area contributed by atoms with Gasteiger partial charge in [-0.1, -0.05) is 42.5 Å². The van der Waals surface area contributed by atoms with Gasteiger partial charge in [-0.3, -0.25) is 9.78 Å². The summed E-state index contributed by atoms with van der Waals surface area (Å²) in [6.45, 7) is 4.23. The minimum atomic E-state index is -0.280. The smallest absolute Gasteiger partial charge is 0.250 e. The number of hydrogen-bond acceptors (Lipinski definition) is 6. The quantitative estimate of drug-likeness (QED) is 0.285. The van der Waals surface area contributed by atoms with E-state index in [4.69, 9.17) is 32.7 Å². The molecule has 0 spiro atoms. The van der Waals surface area contributed by atoms with E-state index in [0.717, 1.165) is 18.2 Å². The highest BCUT2D eigenvalue weighted by atomic mass is 35.5. The molecule has 4 rings (SSSR count). The third kappa shape index (κ3) is 6.60. The van der Waals surface area contributed by atoms with Crippen LogP contribution in [0.2, 0.25) is 10.0 Å². The van der Waals surface area contributed by atoms with Crippen molar-refractivity contribution < 1.29 is 9.47 Å². The number of nitrogens with zero attached hydrogens (tertiary/aromatic N) is 2. The monoisotopic (exact) mass is 518 g/mol. The molecule has 0 radical (unpaired) electrons. The molecule has 3 heterocycles. The molecule has 1 aliphatic heterocycles. The second-order valence-corrected chi connectivity index (χ2v) is 9.65. The second kappa shape index (κ2) is 12.5. The molecule has 3 aromatic rings. The van der Waals surface area contributed by atoms with Crippen molar-refractivity contribution in [3.8, 4) is 11.5 Å². The number of benzene rings is 1. The van der Waals surface area contributed by atoms with Crippen LogP contribution >= 0.6 is 23.2 Å². The number of aromatic nitrogens is 2. The van der Waals surface area contributed by atoms with Crippen molar-refractivity contribution in [1.29, 1.82) is 0 Å². The Morgan fingerprint density at radius 1 is 1.06 bits per heavy atom. The summed E-state index contributed by atoms with van der Waals surface area (Å²) >= 11 is 12.5. The molecule has 0 saturated carbocycles. The average Bonchev–Trinajstić information content (AvgIpc) is 2.86. The maximum absolute atomic E-state index is 12.5. The minimum Gasteiger partial charge on any atom is -0.493 e. The summed E-state index contributed by atoms with van der Waals surface area (Å²) in [6.07, 6.45) is 11.5. The number of methoxy groups -OCH3 is 1. The lowest BCUT2D eigenvalue weighted by Crippen LogP contribution is -2.30. The van der Waals surface area contributed by atoms with Gasteiger partial charge in [0.05, 0.1) is 40.7 Å². The highest BCUT2D eigenvalue weighted by Gasteiger charge is 2.16. The Hall–Kier alpha value is -2.48. The van der Waals surface area contributed by atoms with E-state index in [0.29, 0.717) is 45.0 Å². The summed E-state index contributed by atoms with van der Waals surface area (Å²) in [7, 11) is 1.59. The number of ether oxygens (including phenoxy) is 2. The normalized spacial score (nSPS) is 14.3. The van der Waals surface area contributed by atoms with E-state index < -0.39 is 0 Å². The topological polar surface area (TPSA) is 79.5 Å². The van der Waals surface area contributed by atoms with E-state index in [1.165, 1.54) is 70.2 Å². The number of fused-ring (bicyclic) bond motifs is 1. The third-order valence-corrected chi connectivity index (χ3v) is 6.91. The van der Waals surface area contributed by atoms with Gasteiger partial charge in [-0.05, 0) is 57.5 Å². The second-order valence-electron chi connectivity index (χ2n) is 8.83. The van der Waals surface area contributed by atoms with Crippen molar-refractivity contribution in [3.05, 3.63) is 51.0 Å². The van der Waals surface area contributed by atoms with Crippen molar-refractivity contribution in [3.63, 3.8) is 0 Å². The van der Waals surface area contributed by atoms with E-state index in [2.05, 4.69) is 20.2 Å². The fraction of sp³-hybridized carbons (Fsp3) is 0.462. The fourth-order valence-corrected chi connectivity index (χ4v) is 4.96. The van der Waals surface area contributed by atoms with Crippen LogP contribution in [-0.4, -0.2) is 48.2 Å². The van der Waals surface area contributed by atoms with Gasteiger partial charge in [0.15, 0.2) is 11.5 Å². The highest BCUT2D eigenvalue weighted by Crippen LogP contribution is 2.39. The molecule has 35 heavy (non-hydrogen) atoms. The third-order valence-electron chi connectivity index (χ3n) is 6.33. The Morgan fingerprint density at radius 2 is 1.80 bits per heavy atom. The summed E-state index contributed by atoms with van der Waals surface area (Å²) in [5, 5.41) is 4.65. The average molecular weight is 519 g/mol. The fourth-order valence-electron chi connectivity index (χ4n) is 4.50. The van der Waals surface area contributed by atoms with Crippen LogP contribution in [0.3, 0.4) is 0 Å². The van der Waals surface area contributed by atoms with Crippen LogP contribution in [0.1, 0.15) is 44.9 Å². The molecule has 9 heteroatoms. The number of hydrogen-bond donors (Lipinski definition) is 2. The van der Waals surface area contributed by atoms with Crippen molar-refractivity contribution in [2.45, 2.75) is 44.9 Å². The number of anilines is 2. The summed E-state index contributed by atoms with van der Waals surface area (Å²) in [6, 6.07) is 5.16. The molecule has 1 aliphatic rings. The van der Waals surface area contributed by atoms with Gasteiger partial charge in [-0.25, -0.2) is 0 Å². The summed E-state index contributed by atoms with van der Waals surface area (Å²) in [4.78, 5) is 22.0. The van der Waals surface area contributed by atoms with Gasteiger partial charge in [0.25, 0.3) is 5.56 Å². The predicted octanol–water partition coefficient (Wildman–Crippen LogP) is 6.41. The Balaban J connectivity index is 1.44. The summed E-state index contributed by atoms with van der Waals surface area (Å²) in [5.41, 5.74) is 1.32. The van der Waals surface area contributed by atoms with Gasteiger partial charge in [-0.2, -0.15) is 0 Å². The first-order chi connectivity index (χ1) is 17.1. The number of nitrogens with one attached hydrogen (secondary N) is 2. The zero-order valence-electron chi connectivity index (χ0n) is 20.0. The van der Waals surface area contributed by atoms with Crippen LogP contribution < -0.4 is 20.3 Å². The van der Waals surface area contributed by atoms with Gasteiger partial charge < -0.3 is 24.7 Å². The Labute approximate surface area is 215 Å². The van der Waals surface area contributed by atoms with Gasteiger partial charge >= 0.3 is 0 Å². The molecule has 0 aliphatic carbocycles. The number of aromatic amines is 1. The number of halogens is 2. The SMILES string of the molecule is COc1ccc2c(Nc3c(Cl)cncc3Cl)cc(=O)[nH]c2c1OCCCCCCN1CCCCC1. The zero-order chi connectivity index (χ0) is 24.6. The van der Waals surface area contributed by atoms with Gasteiger partial charge in [0.1, 0.15) is 0 Å². The van der Waals surface area contributed by atoms with E-state index in [1.807, 2.05) is 12.1 Å². The predicted molar refractivity (Wildman–Crippen MR) is 143 cm³/mol. The van der Waals surface area contributed by atoms with E-state index >= 15 is 0 Å². The highest BCUT2D eigenvalue weighted by molar-refractivity contribution is 6.39. The molecule has 2 N–H and O–H groups in total. The molecule has 1 fully saturated rings. The maximum atomic E-state index is 12.5. The molecule has 188 valence electrons. The van der Waals surface area contributed by atoms with Crippen molar-refractivity contribution in [2.24, 2.45) is 0 Å². The first-order valence-electron chi connectivity index (χ1n) is 12.2. The molecule has 1 saturated heterocycles. The summed E-state index contributed by atoms with van der Waals surface area (Å²) < 4.78 is 11.7. The van der Waals surface area contributed by atoms with Crippen LogP contribution in [0.25, 0.3) is 10.9 Å². The standard InChI is InChI=1S/C26H32Cl2N4O3/c1-34-22-10-9-18-21(30-25-19(27)16-29-17-20(25)28)15-23(33)31-24(18)26(22)35-14-8-3-2-5-11-32-12-6-4-7-13-32/h9-10,15-17H,2-8,11-14H2,1H3,(H2,29,30,31,33). The van der Waals surface area contributed by atoms with Gasteiger partial charge in [0.2, 0.25) is 0 Å². The molecule has 0 unspecified atom stereocenters. The van der Waals surface area contributed by atoms with Crippen LogP contribution in [0.5, 0.6) is 11.5 Å². The number of piperidine rings is 1. The molecule has 0 atom stereocenters. The van der Waals surface area contributed by atoms with Crippen LogP contribution in [-0.2, 0) is 0 Å². The van der Waals surface area contributed by atoms with Crippen LogP contribution in [0.4, 0.5) is 11.4 Å². The molecule has 1 aromatic carbocycles. The number of unbranched alkanes of at least 4 members (excludes halogenated alkanes) is 3. The van der Waals surface area contributed by atoms with Gasteiger partial charge in [0, 0.05) is 23.8 Å². The minimum absolute atomic E-state index is 0.280. The van der Waals surface area contributed by atoms with E-state index in [9.17, 15) is 4.79 Å². The van der Waals surface area contributed by atoms with Crippen LogP contribution in [0, 0.1) is 0 Å². The Bertz CT molecular complexity index is 1170. The number of rotatable bonds is 11. The number of likely N-dealkylation sites (tertiary alicyclic amines) is 1. The van der Waals surface area contributed by atoms with Crippen molar-refractivity contribution >= 4 is 45.5 Å². The first kappa shape index (κ1) is 25.6. The molecule has 2 aromatic heterocycles. The number of pyridine rings is 2. The molecular weight excluding hydrogens is 487 g/mol. The Morgan fingerprint density at radius 3 is 2.54 bits per heavy atom. The van der Waals surface area contributed by atoms with E-state index in [1.54, 1.807) is 7.11 Å². The Kier molecular flexibility index (Phi) is 9.12. The lowest BCUT2D eigenvalue weighted by Gasteiger charge is -2.26. The van der Waals surface area contributed by atoms with Crippen molar-refractivity contribution in [2.75, 3.05) is 38.7 Å². The van der Waals surface area contributed by atoms with E-state index in [-0.39, 0.29) is 5.56 Å². The maximum Gasteiger partial charge on any atom is 0.250 e. The molecule has 0 bridgehead atoms. The van der Waals surface area contributed by atoms with Gasteiger partial charge in [-0.15, -0.1) is 0 Å². The zero-order valence-corrected chi connectivity index (χ0v) is 21.6. The molecule has 7 nitrogen and oxygen atoms in total. The molecule has 0 amide bonds. The van der Waals surface area contributed by atoms with Crippen molar-refractivity contribution in [1.82, 2.24) is 14.9 Å².